The van der Waals surface area contributed by atoms with Crippen LogP contribution < -0.4 is 4.90 Å². The molecule has 1 aromatic heterocycles. The third-order valence-electron chi connectivity index (χ3n) is 2.97. The van der Waals surface area contributed by atoms with Gasteiger partial charge < -0.3 is 4.74 Å². The number of carbonyl (C=O) groups excluding carboxylic acids is 2. The Kier molecular flexibility index (Phi) is 4.60. The summed E-state index contributed by atoms with van der Waals surface area (Å²) in [6.45, 7) is -0.182. The van der Waals surface area contributed by atoms with Crippen molar-refractivity contribution in [3.63, 3.8) is 0 Å². The number of rotatable bonds is 4. The van der Waals surface area contributed by atoms with Crippen LogP contribution in [0, 0.1) is 0 Å². The van der Waals surface area contributed by atoms with Gasteiger partial charge in [-0.3, -0.25) is 14.5 Å². The highest BCUT2D eigenvalue weighted by molar-refractivity contribution is 8.00. The molecule has 2 heterocycles. The van der Waals surface area contributed by atoms with E-state index in [4.69, 9.17) is 16.3 Å². The predicted octanol–water partition coefficient (Wildman–Crippen LogP) is 2.37. The molecule has 0 spiro atoms. The minimum Gasteiger partial charge on any atom is -0.458 e. The third kappa shape index (κ3) is 3.23. The number of para-hydroxylation sites is 1. The first-order valence-electron chi connectivity index (χ1n) is 6.29. The van der Waals surface area contributed by atoms with E-state index in [0.717, 1.165) is 22.1 Å². The number of aromatic nitrogens is 2. The zero-order valence-corrected chi connectivity index (χ0v) is 13.6. The monoisotopic (exact) mass is 355 g/mol. The van der Waals surface area contributed by atoms with Crippen molar-refractivity contribution in [1.82, 2.24) is 9.59 Å². The lowest BCUT2D eigenvalue weighted by atomic mass is 10.2. The number of hydrogen-bond acceptors (Lipinski definition) is 7. The molecule has 0 bridgehead atoms. The Morgan fingerprint density at radius 3 is 3.00 bits per heavy atom. The summed E-state index contributed by atoms with van der Waals surface area (Å²) in [4.78, 5) is 26.4. The van der Waals surface area contributed by atoms with E-state index in [1.54, 1.807) is 0 Å². The summed E-state index contributed by atoms with van der Waals surface area (Å²) in [5.74, 6) is -0.320. The van der Waals surface area contributed by atoms with Gasteiger partial charge >= 0.3 is 5.97 Å². The maximum Gasteiger partial charge on any atom is 0.326 e. The average Bonchev–Trinajstić information content (AvgIpc) is 2.93. The Labute approximate surface area is 139 Å². The molecule has 3 rings (SSSR count). The summed E-state index contributed by atoms with van der Waals surface area (Å²) < 4.78 is 9.16. The second-order valence-corrected chi connectivity index (χ2v) is 6.76. The molecule has 0 saturated heterocycles. The number of anilines is 1. The van der Waals surface area contributed by atoms with Gasteiger partial charge in [-0.2, -0.15) is 0 Å². The second kappa shape index (κ2) is 6.64. The largest absolute Gasteiger partial charge is 0.458 e. The van der Waals surface area contributed by atoms with Crippen LogP contribution in [0.2, 0.25) is 4.34 Å². The standard InChI is InChI=1S/C13H10ClN3O3S2/c14-13-8(15-16-22-13)6-20-12(19)5-17-9-3-1-2-4-10(9)21-7-11(17)18/h1-4H,5-7H2. The topological polar surface area (TPSA) is 72.4 Å². The summed E-state index contributed by atoms with van der Waals surface area (Å²) in [5.41, 5.74) is 1.15. The number of esters is 1. The number of halogens is 1. The third-order valence-corrected chi connectivity index (χ3v) is 5.01. The highest BCUT2D eigenvalue weighted by atomic mass is 35.5. The van der Waals surface area contributed by atoms with Crippen LogP contribution in [0.5, 0.6) is 0 Å². The van der Waals surface area contributed by atoms with Crippen molar-refractivity contribution in [1.29, 1.82) is 0 Å². The Balaban J connectivity index is 1.66. The van der Waals surface area contributed by atoms with Gasteiger partial charge in [0.2, 0.25) is 5.91 Å². The molecule has 6 nitrogen and oxygen atoms in total. The van der Waals surface area contributed by atoms with Crippen molar-refractivity contribution in [2.45, 2.75) is 11.5 Å². The van der Waals surface area contributed by atoms with Crippen LogP contribution in [0.25, 0.3) is 0 Å². The van der Waals surface area contributed by atoms with Crippen LogP contribution in [0.1, 0.15) is 5.69 Å². The summed E-state index contributed by atoms with van der Waals surface area (Å²) in [6.07, 6.45) is 0. The van der Waals surface area contributed by atoms with E-state index in [0.29, 0.717) is 15.8 Å². The van der Waals surface area contributed by atoms with Gasteiger partial charge in [-0.05, 0) is 12.1 Å². The molecule has 1 amide bonds. The zero-order chi connectivity index (χ0) is 15.5. The molecule has 1 aliphatic rings. The molecule has 1 aromatic carbocycles. The van der Waals surface area contributed by atoms with Crippen molar-refractivity contribution in [2.75, 3.05) is 17.2 Å². The van der Waals surface area contributed by atoms with E-state index in [-0.39, 0.29) is 19.1 Å². The van der Waals surface area contributed by atoms with E-state index in [2.05, 4.69) is 9.59 Å². The lowest BCUT2D eigenvalue weighted by molar-refractivity contribution is -0.144. The van der Waals surface area contributed by atoms with Crippen LogP contribution in [0.3, 0.4) is 0 Å². The van der Waals surface area contributed by atoms with Crippen molar-refractivity contribution >= 4 is 52.5 Å². The Hall–Kier alpha value is -1.64. The van der Waals surface area contributed by atoms with Crippen molar-refractivity contribution < 1.29 is 14.3 Å². The Morgan fingerprint density at radius 2 is 2.23 bits per heavy atom. The first-order valence-corrected chi connectivity index (χ1v) is 8.43. The molecule has 0 N–H and O–H groups in total. The van der Waals surface area contributed by atoms with Gasteiger partial charge in [0.1, 0.15) is 23.2 Å². The van der Waals surface area contributed by atoms with Gasteiger partial charge in [0, 0.05) is 16.4 Å². The summed E-state index contributed by atoms with van der Waals surface area (Å²) in [5, 5.41) is 3.76. The fourth-order valence-corrected chi connectivity index (χ4v) is 3.47. The van der Waals surface area contributed by atoms with Gasteiger partial charge in [0.15, 0.2) is 0 Å². The van der Waals surface area contributed by atoms with Crippen molar-refractivity contribution in [2.24, 2.45) is 0 Å². The second-order valence-electron chi connectivity index (χ2n) is 4.39. The first kappa shape index (κ1) is 15.3. The average molecular weight is 356 g/mol. The molecule has 0 radical (unpaired) electrons. The van der Waals surface area contributed by atoms with Crippen molar-refractivity contribution in [3.05, 3.63) is 34.3 Å². The smallest absolute Gasteiger partial charge is 0.326 e. The Bertz CT molecular complexity index is 722. The van der Waals surface area contributed by atoms with E-state index in [9.17, 15) is 9.59 Å². The molecule has 114 valence electrons. The van der Waals surface area contributed by atoms with E-state index in [1.165, 1.54) is 16.7 Å². The molecule has 1 aliphatic heterocycles. The molecule has 22 heavy (non-hydrogen) atoms. The van der Waals surface area contributed by atoms with Crippen LogP contribution in [-0.4, -0.2) is 33.8 Å². The van der Waals surface area contributed by atoms with Gasteiger partial charge in [0.05, 0.1) is 11.4 Å². The zero-order valence-electron chi connectivity index (χ0n) is 11.2. The predicted molar refractivity (Wildman–Crippen MR) is 84.2 cm³/mol. The first-order chi connectivity index (χ1) is 10.6. The van der Waals surface area contributed by atoms with Gasteiger partial charge in [-0.15, -0.1) is 16.9 Å². The minimum atomic E-state index is -0.515. The Morgan fingerprint density at radius 1 is 1.41 bits per heavy atom. The maximum atomic E-state index is 12.0. The maximum absolute atomic E-state index is 12.0. The number of nitrogens with zero attached hydrogens (tertiary/aromatic N) is 3. The minimum absolute atomic E-state index is 0.0490. The number of amides is 1. The highest BCUT2D eigenvalue weighted by Crippen LogP contribution is 2.34. The fraction of sp³-hybridized carbons (Fsp3) is 0.231. The quantitative estimate of drug-likeness (QED) is 0.784. The number of fused-ring (bicyclic) bond motifs is 1. The summed E-state index contributed by atoms with van der Waals surface area (Å²) in [6, 6.07) is 7.46. The number of thioether (sulfide) groups is 1. The van der Waals surface area contributed by atoms with Crippen LogP contribution in [-0.2, 0) is 20.9 Å². The van der Waals surface area contributed by atoms with Crippen molar-refractivity contribution in [3.8, 4) is 0 Å². The number of benzene rings is 1. The molecule has 0 fully saturated rings. The number of carbonyl (C=O) groups is 2. The lowest BCUT2D eigenvalue weighted by Gasteiger charge is -2.27. The van der Waals surface area contributed by atoms with Gasteiger partial charge in [-0.25, -0.2) is 0 Å². The number of hydrogen-bond donors (Lipinski definition) is 0. The van der Waals surface area contributed by atoms with Gasteiger partial charge in [-0.1, -0.05) is 28.2 Å². The highest BCUT2D eigenvalue weighted by Gasteiger charge is 2.26. The van der Waals surface area contributed by atoms with E-state index in [1.807, 2.05) is 24.3 Å². The fourth-order valence-electron chi connectivity index (χ4n) is 1.93. The summed E-state index contributed by atoms with van der Waals surface area (Å²) >= 11 is 8.33. The molecule has 0 unspecified atom stereocenters. The van der Waals surface area contributed by atoms with Crippen LogP contribution in [0.4, 0.5) is 5.69 Å². The van der Waals surface area contributed by atoms with Crippen LogP contribution >= 0.6 is 34.9 Å². The van der Waals surface area contributed by atoms with Gasteiger partial charge in [0.25, 0.3) is 0 Å². The van der Waals surface area contributed by atoms with E-state index < -0.39 is 5.97 Å². The molecule has 0 saturated carbocycles. The molecule has 9 heteroatoms. The molecule has 0 atom stereocenters. The molecular weight excluding hydrogens is 346 g/mol. The lowest BCUT2D eigenvalue weighted by Crippen LogP contribution is -2.39. The number of ether oxygens (including phenoxy) is 1. The molecular formula is C13H10ClN3O3S2. The van der Waals surface area contributed by atoms with E-state index >= 15 is 0 Å². The summed E-state index contributed by atoms with van der Waals surface area (Å²) in [7, 11) is 0. The normalized spacial score (nSPS) is 13.9. The van der Waals surface area contributed by atoms with Crippen LogP contribution in [0.15, 0.2) is 29.2 Å². The SMILES string of the molecule is O=C(CN1C(=O)CSc2ccccc21)OCc1nnsc1Cl. The molecule has 0 aliphatic carbocycles. The molecule has 2 aromatic rings.